The van der Waals surface area contributed by atoms with Gasteiger partial charge in [-0.25, -0.2) is 0 Å². The lowest BCUT2D eigenvalue weighted by atomic mass is 10.0. The van der Waals surface area contributed by atoms with Crippen LogP contribution >= 0.6 is 11.6 Å². The van der Waals surface area contributed by atoms with Gasteiger partial charge in [0.25, 0.3) is 0 Å². The van der Waals surface area contributed by atoms with Crippen molar-refractivity contribution in [3.05, 3.63) is 40.4 Å². The zero-order chi connectivity index (χ0) is 9.26. The summed E-state index contributed by atoms with van der Waals surface area (Å²) in [6.45, 7) is 3.98. The van der Waals surface area contributed by atoms with Crippen LogP contribution in [0.2, 0.25) is 5.02 Å². The molecule has 2 heteroatoms. The first kappa shape index (κ1) is 8.79. The van der Waals surface area contributed by atoms with Crippen LogP contribution in [-0.2, 0) is 0 Å². The van der Waals surface area contributed by atoms with Crippen LogP contribution < -0.4 is 5.32 Å². The summed E-state index contributed by atoms with van der Waals surface area (Å²) in [6, 6.07) is 6.14. The van der Waals surface area contributed by atoms with Gasteiger partial charge < -0.3 is 5.32 Å². The Morgan fingerprint density at radius 2 is 2.23 bits per heavy atom. The van der Waals surface area contributed by atoms with Crippen molar-refractivity contribution in [3.8, 4) is 0 Å². The largest absolute Gasteiger partial charge is 0.309 e. The Kier molecular flexibility index (Phi) is 2.38. The fraction of sp³-hybridized carbons (Fsp3) is 0.273. The second kappa shape index (κ2) is 3.52. The molecule has 0 aromatic heterocycles. The molecule has 0 saturated heterocycles. The van der Waals surface area contributed by atoms with E-state index < -0.39 is 0 Å². The molecule has 0 saturated carbocycles. The van der Waals surface area contributed by atoms with E-state index in [1.165, 1.54) is 16.7 Å². The van der Waals surface area contributed by atoms with Gasteiger partial charge in [-0.3, -0.25) is 0 Å². The Morgan fingerprint density at radius 1 is 1.38 bits per heavy atom. The van der Waals surface area contributed by atoms with Gasteiger partial charge in [0.1, 0.15) is 0 Å². The van der Waals surface area contributed by atoms with Gasteiger partial charge in [0.05, 0.1) is 0 Å². The van der Waals surface area contributed by atoms with Crippen LogP contribution in [0.5, 0.6) is 0 Å². The Balaban J connectivity index is 2.43. The van der Waals surface area contributed by atoms with Gasteiger partial charge in [0, 0.05) is 18.1 Å². The summed E-state index contributed by atoms with van der Waals surface area (Å²) < 4.78 is 0. The van der Waals surface area contributed by atoms with Gasteiger partial charge in [-0.1, -0.05) is 35.4 Å². The molecule has 13 heavy (non-hydrogen) atoms. The normalized spacial score (nSPS) is 16.0. The number of benzene rings is 1. The average molecular weight is 194 g/mol. The molecule has 0 aliphatic carbocycles. The predicted octanol–water partition coefficient (Wildman–Crippen LogP) is 2.64. The highest BCUT2D eigenvalue weighted by Gasteiger charge is 2.09. The fourth-order valence-electron chi connectivity index (χ4n) is 1.56. The Bertz CT molecular complexity index is 355. The maximum atomic E-state index is 6.11. The molecule has 0 fully saturated rings. The molecule has 0 unspecified atom stereocenters. The molecule has 1 aromatic rings. The molecule has 0 amide bonds. The molecular weight excluding hydrogens is 182 g/mol. The molecule has 0 radical (unpaired) electrons. The van der Waals surface area contributed by atoms with E-state index in [1.54, 1.807) is 0 Å². The smallest absolute Gasteiger partial charge is 0.0481 e. The monoisotopic (exact) mass is 193 g/mol. The molecule has 0 spiro atoms. The van der Waals surface area contributed by atoms with E-state index in [0.717, 1.165) is 18.1 Å². The van der Waals surface area contributed by atoms with E-state index in [-0.39, 0.29) is 0 Å². The predicted molar refractivity (Wildman–Crippen MR) is 57.0 cm³/mol. The second-order valence-electron chi connectivity index (χ2n) is 3.34. The van der Waals surface area contributed by atoms with E-state index in [9.17, 15) is 0 Å². The molecule has 1 aliphatic rings. The molecular formula is C11H12ClN. The molecule has 2 rings (SSSR count). The lowest BCUT2D eigenvalue weighted by Crippen LogP contribution is -2.07. The zero-order valence-corrected chi connectivity index (χ0v) is 8.36. The van der Waals surface area contributed by atoms with E-state index in [2.05, 4.69) is 24.4 Å². The minimum Gasteiger partial charge on any atom is -0.309 e. The second-order valence-corrected chi connectivity index (χ2v) is 3.75. The SMILES string of the molecule is Cc1ccc(Cl)c(C2=CCNC2)c1. The fourth-order valence-corrected chi connectivity index (χ4v) is 1.80. The van der Waals surface area contributed by atoms with Crippen LogP contribution in [0, 0.1) is 6.92 Å². The van der Waals surface area contributed by atoms with Crippen molar-refractivity contribution < 1.29 is 0 Å². The van der Waals surface area contributed by atoms with E-state index in [4.69, 9.17) is 11.6 Å². The first-order valence-electron chi connectivity index (χ1n) is 4.43. The van der Waals surface area contributed by atoms with Crippen molar-refractivity contribution in [2.45, 2.75) is 6.92 Å². The van der Waals surface area contributed by atoms with Crippen molar-refractivity contribution in [2.75, 3.05) is 13.1 Å². The lowest BCUT2D eigenvalue weighted by Gasteiger charge is -2.05. The van der Waals surface area contributed by atoms with Gasteiger partial charge in [-0.15, -0.1) is 0 Å². The van der Waals surface area contributed by atoms with Gasteiger partial charge in [-0.2, -0.15) is 0 Å². The minimum atomic E-state index is 0.848. The third-order valence-electron chi connectivity index (χ3n) is 2.28. The number of nitrogens with one attached hydrogen (secondary N) is 1. The average Bonchev–Trinajstić information content (AvgIpc) is 2.61. The van der Waals surface area contributed by atoms with Crippen LogP contribution in [0.25, 0.3) is 5.57 Å². The van der Waals surface area contributed by atoms with Gasteiger partial charge in [-0.05, 0) is 24.1 Å². The summed E-state index contributed by atoms with van der Waals surface area (Å²) in [6.07, 6.45) is 2.20. The summed E-state index contributed by atoms with van der Waals surface area (Å²) >= 11 is 6.11. The summed E-state index contributed by atoms with van der Waals surface area (Å²) in [5.41, 5.74) is 3.74. The molecule has 1 N–H and O–H groups in total. The van der Waals surface area contributed by atoms with Crippen LogP contribution in [0.15, 0.2) is 24.3 Å². The molecule has 0 bridgehead atoms. The van der Waals surface area contributed by atoms with Crippen molar-refractivity contribution in [3.63, 3.8) is 0 Å². The third kappa shape index (κ3) is 1.77. The first-order chi connectivity index (χ1) is 6.27. The summed E-state index contributed by atoms with van der Waals surface area (Å²) in [5.74, 6) is 0. The minimum absolute atomic E-state index is 0.848. The Labute approximate surface area is 83.4 Å². The molecule has 1 aliphatic heterocycles. The van der Waals surface area contributed by atoms with Crippen molar-refractivity contribution >= 4 is 17.2 Å². The van der Waals surface area contributed by atoms with Gasteiger partial charge in [0.15, 0.2) is 0 Å². The molecule has 1 nitrogen and oxygen atoms in total. The molecule has 1 heterocycles. The summed E-state index contributed by atoms with van der Waals surface area (Å²) in [4.78, 5) is 0. The highest BCUT2D eigenvalue weighted by Crippen LogP contribution is 2.25. The van der Waals surface area contributed by atoms with Crippen LogP contribution in [-0.4, -0.2) is 13.1 Å². The van der Waals surface area contributed by atoms with E-state index in [1.807, 2.05) is 12.1 Å². The maximum absolute atomic E-state index is 6.11. The molecule has 0 atom stereocenters. The molecule has 68 valence electrons. The van der Waals surface area contributed by atoms with Crippen molar-refractivity contribution in [1.29, 1.82) is 0 Å². The van der Waals surface area contributed by atoms with Crippen LogP contribution in [0.1, 0.15) is 11.1 Å². The van der Waals surface area contributed by atoms with Gasteiger partial charge >= 0.3 is 0 Å². The van der Waals surface area contributed by atoms with Crippen LogP contribution in [0.4, 0.5) is 0 Å². The number of halogens is 1. The Morgan fingerprint density at radius 3 is 2.92 bits per heavy atom. The third-order valence-corrected chi connectivity index (χ3v) is 2.61. The number of aryl methyl sites for hydroxylation is 1. The number of rotatable bonds is 1. The van der Waals surface area contributed by atoms with Crippen LogP contribution in [0.3, 0.4) is 0 Å². The highest BCUT2D eigenvalue weighted by molar-refractivity contribution is 6.32. The number of hydrogen-bond donors (Lipinski definition) is 1. The topological polar surface area (TPSA) is 12.0 Å². The quantitative estimate of drug-likeness (QED) is 0.723. The van der Waals surface area contributed by atoms with E-state index >= 15 is 0 Å². The van der Waals surface area contributed by atoms with Crippen molar-refractivity contribution in [1.82, 2.24) is 5.32 Å². The first-order valence-corrected chi connectivity index (χ1v) is 4.81. The standard InChI is InChI=1S/C11H12ClN/c1-8-2-3-11(12)10(6-8)9-4-5-13-7-9/h2-4,6,13H,5,7H2,1H3. The number of hydrogen-bond acceptors (Lipinski definition) is 1. The summed E-state index contributed by atoms with van der Waals surface area (Å²) in [5, 5.41) is 4.11. The lowest BCUT2D eigenvalue weighted by molar-refractivity contribution is 0.897. The van der Waals surface area contributed by atoms with E-state index in [0.29, 0.717) is 0 Å². The molecule has 1 aromatic carbocycles. The Hall–Kier alpha value is -0.790. The maximum Gasteiger partial charge on any atom is 0.0481 e. The van der Waals surface area contributed by atoms with Gasteiger partial charge in [0.2, 0.25) is 0 Å². The zero-order valence-electron chi connectivity index (χ0n) is 7.60. The highest BCUT2D eigenvalue weighted by atomic mass is 35.5. The summed E-state index contributed by atoms with van der Waals surface area (Å²) in [7, 11) is 0. The van der Waals surface area contributed by atoms with Crippen molar-refractivity contribution in [2.24, 2.45) is 0 Å².